The Hall–Kier alpha value is -6.00. The van der Waals surface area contributed by atoms with Crippen LogP contribution in [0.1, 0.15) is 11.4 Å². The van der Waals surface area contributed by atoms with Crippen molar-refractivity contribution in [3.63, 3.8) is 0 Å². The molecule has 8 rings (SSSR count). The number of benzene rings is 5. The molecule has 0 fully saturated rings. The van der Waals surface area contributed by atoms with Crippen LogP contribution in [0.4, 0.5) is 0 Å². The second-order valence-electron chi connectivity index (χ2n) is 11.6. The fourth-order valence-corrected chi connectivity index (χ4v) is 6.08. The summed E-state index contributed by atoms with van der Waals surface area (Å²) >= 11 is 0. The number of aryl methyl sites for hydroxylation is 2. The topological polar surface area (TPSA) is 51.6 Å². The monoisotopic (exact) mass is 590 g/mol. The Bertz CT molecular complexity index is 2290. The van der Waals surface area contributed by atoms with Gasteiger partial charge in [-0.3, -0.25) is 9.97 Å². The fourth-order valence-electron chi connectivity index (χ4n) is 6.08. The number of fused-ring (bicyclic) bond motifs is 3. The van der Waals surface area contributed by atoms with Crippen molar-refractivity contribution in [1.29, 1.82) is 0 Å². The average molecular weight is 591 g/mol. The molecule has 3 aromatic heterocycles. The molecule has 0 saturated heterocycles. The lowest BCUT2D eigenvalue weighted by Gasteiger charge is -2.12. The van der Waals surface area contributed by atoms with E-state index in [1.54, 1.807) is 0 Å². The normalized spacial score (nSPS) is 11.3. The molecule has 5 aromatic carbocycles. The maximum Gasteiger partial charge on any atom is 0.160 e. The van der Waals surface area contributed by atoms with Crippen LogP contribution in [0.5, 0.6) is 0 Å². The zero-order valence-corrected chi connectivity index (χ0v) is 25.6. The Kier molecular flexibility index (Phi) is 6.88. The van der Waals surface area contributed by atoms with Crippen molar-refractivity contribution in [2.24, 2.45) is 0 Å². The molecular formula is C42H30N4. The Labute approximate surface area is 268 Å². The van der Waals surface area contributed by atoms with Crippen LogP contribution in [0.3, 0.4) is 0 Å². The highest BCUT2D eigenvalue weighted by molar-refractivity contribution is 6.08. The van der Waals surface area contributed by atoms with Gasteiger partial charge in [-0.25, -0.2) is 9.97 Å². The second kappa shape index (κ2) is 11.5. The van der Waals surface area contributed by atoms with Crippen LogP contribution in [0.25, 0.3) is 78.0 Å². The van der Waals surface area contributed by atoms with E-state index in [1.165, 1.54) is 5.56 Å². The molecule has 0 N–H and O–H groups in total. The standard InChI is InChI=1S/C42H30N4/c1-27-13-14-34-23-24-36-37(25-28(2)44-41(36)40(34)43-27)31-19-15-29(16-20-31)30-17-21-35(22-18-30)42-45-38(32-9-5-3-6-10-32)26-39(46-42)33-11-7-4-8-12-33/h3-26H,1-2H3. The number of rotatable bonds is 5. The molecule has 0 aliphatic rings. The maximum absolute atomic E-state index is 4.98. The fraction of sp³-hybridized carbons (Fsp3) is 0.0476. The summed E-state index contributed by atoms with van der Waals surface area (Å²) in [5.41, 5.74) is 13.4. The number of hydrogen-bond donors (Lipinski definition) is 0. The number of hydrogen-bond acceptors (Lipinski definition) is 4. The van der Waals surface area contributed by atoms with Gasteiger partial charge < -0.3 is 0 Å². The van der Waals surface area contributed by atoms with Gasteiger partial charge in [-0.05, 0) is 54.3 Å². The van der Waals surface area contributed by atoms with Crippen LogP contribution < -0.4 is 0 Å². The van der Waals surface area contributed by atoms with E-state index in [-0.39, 0.29) is 0 Å². The van der Waals surface area contributed by atoms with E-state index in [0.717, 1.165) is 78.0 Å². The Morgan fingerprint density at radius 1 is 0.370 bits per heavy atom. The smallest absolute Gasteiger partial charge is 0.160 e. The van der Waals surface area contributed by atoms with E-state index in [1.807, 2.05) is 49.4 Å². The van der Waals surface area contributed by atoms with Crippen LogP contribution in [0, 0.1) is 13.8 Å². The summed E-state index contributed by atoms with van der Waals surface area (Å²) in [6.45, 7) is 4.08. The molecule has 0 spiro atoms. The summed E-state index contributed by atoms with van der Waals surface area (Å²) in [6.07, 6.45) is 0. The summed E-state index contributed by atoms with van der Waals surface area (Å²) in [5.74, 6) is 0.708. The minimum atomic E-state index is 0.708. The van der Waals surface area contributed by atoms with Gasteiger partial charge in [0.25, 0.3) is 0 Å². The first-order valence-electron chi connectivity index (χ1n) is 15.5. The van der Waals surface area contributed by atoms with Crippen molar-refractivity contribution in [1.82, 2.24) is 19.9 Å². The molecule has 4 nitrogen and oxygen atoms in total. The highest BCUT2D eigenvalue weighted by Gasteiger charge is 2.13. The van der Waals surface area contributed by atoms with E-state index in [2.05, 4.69) is 110 Å². The zero-order chi connectivity index (χ0) is 31.0. The third kappa shape index (κ3) is 5.20. The molecule has 0 unspecified atom stereocenters. The van der Waals surface area contributed by atoms with Gasteiger partial charge in [0.05, 0.1) is 22.4 Å². The molecule has 0 aliphatic carbocycles. The van der Waals surface area contributed by atoms with Gasteiger partial charge in [0, 0.05) is 38.9 Å². The molecule has 0 saturated carbocycles. The number of aromatic nitrogens is 4. The molecule has 0 radical (unpaired) electrons. The van der Waals surface area contributed by atoms with Gasteiger partial charge in [0.15, 0.2) is 5.82 Å². The third-order valence-corrected chi connectivity index (χ3v) is 8.44. The van der Waals surface area contributed by atoms with Crippen molar-refractivity contribution < 1.29 is 0 Å². The SMILES string of the molecule is Cc1ccc2ccc3c(-c4ccc(-c5ccc(-c6nc(-c7ccccc7)cc(-c7ccccc7)n6)cc5)cc4)cc(C)nc3c2n1. The lowest BCUT2D eigenvalue weighted by molar-refractivity contribution is 1.18. The van der Waals surface area contributed by atoms with Crippen molar-refractivity contribution in [3.8, 4) is 56.2 Å². The van der Waals surface area contributed by atoms with Crippen LogP contribution in [0.2, 0.25) is 0 Å². The molecule has 4 heteroatoms. The van der Waals surface area contributed by atoms with Crippen LogP contribution >= 0.6 is 0 Å². The van der Waals surface area contributed by atoms with Gasteiger partial charge >= 0.3 is 0 Å². The van der Waals surface area contributed by atoms with Crippen molar-refractivity contribution in [2.45, 2.75) is 13.8 Å². The second-order valence-corrected chi connectivity index (χ2v) is 11.6. The minimum Gasteiger partial charge on any atom is -0.251 e. The van der Waals surface area contributed by atoms with E-state index in [9.17, 15) is 0 Å². The van der Waals surface area contributed by atoms with E-state index in [4.69, 9.17) is 19.9 Å². The van der Waals surface area contributed by atoms with Crippen LogP contribution in [-0.4, -0.2) is 19.9 Å². The van der Waals surface area contributed by atoms with Crippen molar-refractivity contribution >= 4 is 21.8 Å². The first-order chi connectivity index (χ1) is 22.6. The minimum absolute atomic E-state index is 0.708. The zero-order valence-electron chi connectivity index (χ0n) is 25.6. The first-order valence-corrected chi connectivity index (χ1v) is 15.5. The lowest BCUT2D eigenvalue weighted by atomic mass is 9.96. The molecular weight excluding hydrogens is 560 g/mol. The predicted molar refractivity (Wildman–Crippen MR) is 189 cm³/mol. The molecule has 46 heavy (non-hydrogen) atoms. The van der Waals surface area contributed by atoms with Gasteiger partial charge in [0.2, 0.25) is 0 Å². The average Bonchev–Trinajstić information content (AvgIpc) is 3.12. The summed E-state index contributed by atoms with van der Waals surface area (Å²) < 4.78 is 0. The molecule has 8 aromatic rings. The summed E-state index contributed by atoms with van der Waals surface area (Å²) in [4.78, 5) is 19.7. The summed E-state index contributed by atoms with van der Waals surface area (Å²) in [7, 11) is 0. The van der Waals surface area contributed by atoms with Gasteiger partial charge in [-0.15, -0.1) is 0 Å². The molecule has 0 aliphatic heterocycles. The quantitative estimate of drug-likeness (QED) is 0.187. The van der Waals surface area contributed by atoms with Crippen LogP contribution in [0.15, 0.2) is 146 Å². The predicted octanol–water partition coefficient (Wildman–Crippen LogP) is 10.5. The van der Waals surface area contributed by atoms with Gasteiger partial charge in [-0.2, -0.15) is 0 Å². The summed E-state index contributed by atoms with van der Waals surface area (Å²) in [5, 5.41) is 2.22. The number of pyridine rings is 2. The van der Waals surface area contributed by atoms with Gasteiger partial charge in [-0.1, -0.05) is 127 Å². The summed E-state index contributed by atoms with van der Waals surface area (Å²) in [6, 6.07) is 50.6. The molecule has 0 bridgehead atoms. The molecule has 0 atom stereocenters. The Morgan fingerprint density at radius 3 is 1.50 bits per heavy atom. The lowest BCUT2D eigenvalue weighted by Crippen LogP contribution is -1.96. The molecule has 3 heterocycles. The Morgan fingerprint density at radius 2 is 0.891 bits per heavy atom. The van der Waals surface area contributed by atoms with E-state index >= 15 is 0 Å². The molecule has 0 amide bonds. The van der Waals surface area contributed by atoms with E-state index < -0.39 is 0 Å². The maximum atomic E-state index is 4.98. The van der Waals surface area contributed by atoms with E-state index in [0.29, 0.717) is 5.82 Å². The highest BCUT2D eigenvalue weighted by atomic mass is 14.9. The van der Waals surface area contributed by atoms with Crippen molar-refractivity contribution in [3.05, 3.63) is 157 Å². The molecule has 218 valence electrons. The Balaban J connectivity index is 1.13. The van der Waals surface area contributed by atoms with Gasteiger partial charge in [0.1, 0.15) is 0 Å². The first kappa shape index (κ1) is 27.5. The third-order valence-electron chi connectivity index (χ3n) is 8.44. The number of nitrogens with zero attached hydrogens (tertiary/aromatic N) is 4. The van der Waals surface area contributed by atoms with Crippen LogP contribution in [-0.2, 0) is 0 Å². The van der Waals surface area contributed by atoms with Crippen molar-refractivity contribution in [2.75, 3.05) is 0 Å². The highest BCUT2D eigenvalue weighted by Crippen LogP contribution is 2.34. The largest absolute Gasteiger partial charge is 0.251 e.